The number of benzene rings is 2. The van der Waals surface area contributed by atoms with E-state index in [1.807, 2.05) is 42.5 Å². The van der Waals surface area contributed by atoms with Crippen LogP contribution in [0.3, 0.4) is 0 Å². The van der Waals surface area contributed by atoms with Crippen LogP contribution in [0.25, 0.3) is 0 Å². The van der Waals surface area contributed by atoms with Crippen LogP contribution in [-0.4, -0.2) is 11.9 Å². The summed E-state index contributed by atoms with van der Waals surface area (Å²) in [6.45, 7) is 0. The largest absolute Gasteiger partial charge is 0.349 e. The van der Waals surface area contributed by atoms with Crippen molar-refractivity contribution in [3.8, 4) is 0 Å². The second kappa shape index (κ2) is 5.33. The summed E-state index contributed by atoms with van der Waals surface area (Å²) in [6.07, 6.45) is 1.04. The number of carbonyl (C=O) groups excluding carboxylic acids is 1. The molecule has 1 N–H and O–H groups in total. The van der Waals surface area contributed by atoms with Crippen molar-refractivity contribution < 1.29 is 4.79 Å². The summed E-state index contributed by atoms with van der Waals surface area (Å²) in [4.78, 5) is 12.1. The third kappa shape index (κ3) is 2.97. The summed E-state index contributed by atoms with van der Waals surface area (Å²) >= 11 is 2.24. The summed E-state index contributed by atoms with van der Waals surface area (Å²) in [6, 6.07) is 18.3. The summed E-state index contributed by atoms with van der Waals surface area (Å²) in [5.74, 6) is 0.508. The van der Waals surface area contributed by atoms with Crippen molar-refractivity contribution >= 4 is 28.5 Å². The minimum Gasteiger partial charge on any atom is -0.349 e. The molecular formula is C16H14INO. The average molecular weight is 363 g/mol. The molecule has 2 unspecified atom stereocenters. The van der Waals surface area contributed by atoms with Gasteiger partial charge in [-0.2, -0.15) is 0 Å². The van der Waals surface area contributed by atoms with Crippen LogP contribution in [0.1, 0.15) is 28.3 Å². The zero-order valence-electron chi connectivity index (χ0n) is 10.3. The number of carbonyl (C=O) groups is 1. The first-order valence-electron chi connectivity index (χ1n) is 6.35. The Kier molecular flexibility index (Phi) is 3.55. The number of amides is 1. The summed E-state index contributed by atoms with van der Waals surface area (Å²) in [5, 5.41) is 3.10. The fourth-order valence-corrected chi connectivity index (χ4v) is 2.64. The van der Waals surface area contributed by atoms with E-state index >= 15 is 0 Å². The summed E-state index contributed by atoms with van der Waals surface area (Å²) < 4.78 is 1.14. The molecule has 0 radical (unpaired) electrons. The van der Waals surface area contributed by atoms with Gasteiger partial charge in [-0.15, -0.1) is 0 Å². The average Bonchev–Trinajstić information content (AvgIpc) is 3.20. The van der Waals surface area contributed by atoms with Crippen LogP contribution in [0.5, 0.6) is 0 Å². The van der Waals surface area contributed by atoms with Gasteiger partial charge in [-0.3, -0.25) is 4.79 Å². The Labute approximate surface area is 126 Å². The normalized spacial score (nSPS) is 20.9. The minimum absolute atomic E-state index is 0.0276. The Bertz CT molecular complexity index is 579. The molecule has 2 aromatic rings. The van der Waals surface area contributed by atoms with Crippen molar-refractivity contribution in [2.24, 2.45) is 0 Å². The Morgan fingerprint density at radius 3 is 2.42 bits per heavy atom. The lowest BCUT2D eigenvalue weighted by molar-refractivity contribution is 0.0950. The van der Waals surface area contributed by atoms with E-state index in [0.717, 1.165) is 15.6 Å². The molecule has 0 spiro atoms. The van der Waals surface area contributed by atoms with Crippen LogP contribution < -0.4 is 5.32 Å². The molecule has 1 amide bonds. The fraction of sp³-hybridized carbons (Fsp3) is 0.188. The highest BCUT2D eigenvalue weighted by atomic mass is 127. The molecule has 96 valence electrons. The lowest BCUT2D eigenvalue weighted by Gasteiger charge is -2.05. The fourth-order valence-electron chi connectivity index (χ4n) is 2.28. The Balaban J connectivity index is 1.62. The maximum absolute atomic E-state index is 12.1. The van der Waals surface area contributed by atoms with Crippen LogP contribution in [0, 0.1) is 3.57 Å². The minimum atomic E-state index is 0.0276. The maximum Gasteiger partial charge on any atom is 0.251 e. The third-order valence-electron chi connectivity index (χ3n) is 3.44. The Hall–Kier alpha value is -1.36. The zero-order valence-corrected chi connectivity index (χ0v) is 12.5. The van der Waals surface area contributed by atoms with Crippen molar-refractivity contribution in [3.63, 3.8) is 0 Å². The molecule has 2 nitrogen and oxygen atoms in total. The van der Waals surface area contributed by atoms with Crippen molar-refractivity contribution in [2.75, 3.05) is 0 Å². The van der Waals surface area contributed by atoms with Crippen LogP contribution in [-0.2, 0) is 0 Å². The quantitative estimate of drug-likeness (QED) is 0.830. The molecular weight excluding hydrogens is 349 g/mol. The van der Waals surface area contributed by atoms with Gasteiger partial charge in [-0.25, -0.2) is 0 Å². The SMILES string of the molecule is O=C(NC1CC1c1ccccc1)c1ccc(I)cc1. The van der Waals surface area contributed by atoms with Gasteiger partial charge in [0.2, 0.25) is 0 Å². The van der Waals surface area contributed by atoms with Crippen molar-refractivity contribution in [2.45, 2.75) is 18.4 Å². The molecule has 0 heterocycles. The summed E-state index contributed by atoms with van der Waals surface area (Å²) in [5.41, 5.74) is 2.05. The van der Waals surface area contributed by atoms with Gasteiger partial charge in [0.1, 0.15) is 0 Å². The molecule has 2 atom stereocenters. The molecule has 0 saturated heterocycles. The Morgan fingerprint density at radius 2 is 1.74 bits per heavy atom. The second-order valence-corrected chi connectivity index (χ2v) is 6.09. The van der Waals surface area contributed by atoms with Gasteiger partial charge in [0, 0.05) is 21.1 Å². The molecule has 0 aromatic heterocycles. The van der Waals surface area contributed by atoms with Gasteiger partial charge in [0.25, 0.3) is 5.91 Å². The number of halogens is 1. The highest BCUT2D eigenvalue weighted by molar-refractivity contribution is 14.1. The first-order valence-corrected chi connectivity index (χ1v) is 7.43. The highest BCUT2D eigenvalue weighted by Crippen LogP contribution is 2.40. The van der Waals surface area contributed by atoms with Crippen LogP contribution in [0.2, 0.25) is 0 Å². The van der Waals surface area contributed by atoms with Gasteiger partial charge in [-0.05, 0) is 58.8 Å². The zero-order chi connectivity index (χ0) is 13.2. The van der Waals surface area contributed by atoms with E-state index < -0.39 is 0 Å². The van der Waals surface area contributed by atoms with E-state index in [9.17, 15) is 4.79 Å². The predicted octanol–water partition coefficient (Wildman–Crippen LogP) is 3.58. The van der Waals surface area contributed by atoms with Gasteiger partial charge in [0.15, 0.2) is 0 Å². The Morgan fingerprint density at radius 1 is 1.05 bits per heavy atom. The van der Waals surface area contributed by atoms with E-state index in [1.54, 1.807) is 0 Å². The van der Waals surface area contributed by atoms with Gasteiger partial charge in [0.05, 0.1) is 0 Å². The molecule has 1 aliphatic rings. The monoisotopic (exact) mass is 363 g/mol. The maximum atomic E-state index is 12.1. The first-order chi connectivity index (χ1) is 9.24. The van der Waals surface area contributed by atoms with Crippen LogP contribution in [0.15, 0.2) is 54.6 Å². The van der Waals surface area contributed by atoms with Crippen LogP contribution >= 0.6 is 22.6 Å². The summed E-state index contributed by atoms with van der Waals surface area (Å²) in [7, 11) is 0. The van der Waals surface area contributed by atoms with Crippen molar-refractivity contribution in [1.29, 1.82) is 0 Å². The number of nitrogens with one attached hydrogen (secondary N) is 1. The van der Waals surface area contributed by atoms with E-state index in [4.69, 9.17) is 0 Å². The number of hydrogen-bond donors (Lipinski definition) is 1. The molecule has 0 aliphatic heterocycles. The van der Waals surface area contributed by atoms with E-state index in [1.165, 1.54) is 5.56 Å². The smallest absolute Gasteiger partial charge is 0.251 e. The number of rotatable bonds is 3. The van der Waals surface area contributed by atoms with Crippen molar-refractivity contribution in [3.05, 3.63) is 69.3 Å². The molecule has 3 rings (SSSR count). The van der Waals surface area contributed by atoms with Gasteiger partial charge < -0.3 is 5.32 Å². The molecule has 1 saturated carbocycles. The molecule has 0 bridgehead atoms. The molecule has 2 aromatic carbocycles. The topological polar surface area (TPSA) is 29.1 Å². The second-order valence-electron chi connectivity index (χ2n) is 4.84. The first kappa shape index (κ1) is 12.7. The predicted molar refractivity (Wildman–Crippen MR) is 84.2 cm³/mol. The standard InChI is InChI=1S/C16H14INO/c17-13-8-6-12(7-9-13)16(19)18-15-10-14(15)11-4-2-1-3-5-11/h1-9,14-15H,10H2,(H,18,19). The highest BCUT2D eigenvalue weighted by Gasteiger charge is 2.39. The lowest BCUT2D eigenvalue weighted by atomic mass is 10.1. The molecule has 1 aliphatic carbocycles. The molecule has 1 fully saturated rings. The molecule has 19 heavy (non-hydrogen) atoms. The number of hydrogen-bond acceptors (Lipinski definition) is 1. The van der Waals surface area contributed by atoms with Gasteiger partial charge in [-0.1, -0.05) is 30.3 Å². The lowest BCUT2D eigenvalue weighted by Crippen LogP contribution is -2.26. The third-order valence-corrected chi connectivity index (χ3v) is 4.16. The van der Waals surface area contributed by atoms with Crippen molar-refractivity contribution in [1.82, 2.24) is 5.32 Å². The van der Waals surface area contributed by atoms with E-state index in [0.29, 0.717) is 5.92 Å². The molecule has 3 heteroatoms. The van der Waals surface area contributed by atoms with Crippen LogP contribution in [0.4, 0.5) is 0 Å². The van der Waals surface area contributed by atoms with E-state index in [-0.39, 0.29) is 11.9 Å². The van der Waals surface area contributed by atoms with Gasteiger partial charge >= 0.3 is 0 Å². The van der Waals surface area contributed by atoms with E-state index in [2.05, 4.69) is 40.0 Å².